The van der Waals surface area contributed by atoms with Gasteiger partial charge in [-0.15, -0.1) is 12.4 Å². The van der Waals surface area contributed by atoms with E-state index in [1.807, 2.05) is 24.3 Å². The van der Waals surface area contributed by atoms with Crippen LogP contribution in [0.15, 0.2) is 28.7 Å². The molecular weight excluding hydrogens is 305 g/mol. The average molecular weight is 321 g/mol. The number of aliphatic carboxylic acids is 1. The summed E-state index contributed by atoms with van der Waals surface area (Å²) >= 11 is 3.46. The van der Waals surface area contributed by atoms with Crippen molar-refractivity contribution in [2.45, 2.75) is 24.8 Å². The van der Waals surface area contributed by atoms with Crippen LogP contribution < -0.4 is 5.32 Å². The van der Waals surface area contributed by atoms with Crippen LogP contribution in [0.2, 0.25) is 0 Å². The normalized spacial score (nSPS) is 23.1. The lowest BCUT2D eigenvalue weighted by atomic mass is 9.89. The van der Waals surface area contributed by atoms with Crippen LogP contribution in [-0.4, -0.2) is 23.2 Å². The van der Waals surface area contributed by atoms with E-state index in [0.717, 1.165) is 23.0 Å². The first-order valence-electron chi connectivity index (χ1n) is 5.36. The van der Waals surface area contributed by atoms with Crippen molar-refractivity contribution in [1.29, 1.82) is 0 Å². The first-order chi connectivity index (χ1) is 7.64. The molecule has 1 atom stereocenters. The van der Waals surface area contributed by atoms with Gasteiger partial charge in [-0.1, -0.05) is 34.1 Å². The SMILES string of the molecule is Cl.O=C(O)[C@@]1(Cc2ccccc2Br)CCCN1. The minimum absolute atomic E-state index is 0. The summed E-state index contributed by atoms with van der Waals surface area (Å²) in [7, 11) is 0. The number of rotatable bonds is 3. The fraction of sp³-hybridized carbons (Fsp3) is 0.417. The summed E-state index contributed by atoms with van der Waals surface area (Å²) in [5, 5.41) is 12.5. The van der Waals surface area contributed by atoms with E-state index < -0.39 is 11.5 Å². The topological polar surface area (TPSA) is 49.3 Å². The molecule has 3 nitrogen and oxygen atoms in total. The van der Waals surface area contributed by atoms with Gasteiger partial charge in [-0.2, -0.15) is 0 Å². The van der Waals surface area contributed by atoms with Gasteiger partial charge in [0.25, 0.3) is 0 Å². The molecule has 17 heavy (non-hydrogen) atoms. The van der Waals surface area contributed by atoms with Crippen molar-refractivity contribution in [1.82, 2.24) is 5.32 Å². The van der Waals surface area contributed by atoms with Gasteiger partial charge in [0.05, 0.1) is 0 Å². The molecule has 0 aliphatic carbocycles. The van der Waals surface area contributed by atoms with E-state index >= 15 is 0 Å². The molecule has 0 unspecified atom stereocenters. The van der Waals surface area contributed by atoms with Crippen molar-refractivity contribution in [3.63, 3.8) is 0 Å². The van der Waals surface area contributed by atoms with Crippen molar-refractivity contribution < 1.29 is 9.90 Å². The molecule has 1 aliphatic rings. The second-order valence-corrected chi connectivity index (χ2v) is 5.04. The van der Waals surface area contributed by atoms with Crippen molar-refractivity contribution >= 4 is 34.3 Å². The van der Waals surface area contributed by atoms with Gasteiger partial charge >= 0.3 is 5.97 Å². The Bertz CT molecular complexity index is 405. The molecule has 0 aromatic heterocycles. The zero-order valence-corrected chi connectivity index (χ0v) is 11.7. The monoisotopic (exact) mass is 319 g/mol. The van der Waals surface area contributed by atoms with Gasteiger partial charge in [-0.3, -0.25) is 4.79 Å². The predicted molar refractivity (Wildman–Crippen MR) is 72.7 cm³/mol. The van der Waals surface area contributed by atoms with Gasteiger partial charge in [-0.25, -0.2) is 0 Å². The van der Waals surface area contributed by atoms with E-state index in [9.17, 15) is 9.90 Å². The van der Waals surface area contributed by atoms with Crippen LogP contribution in [0.3, 0.4) is 0 Å². The number of nitrogens with one attached hydrogen (secondary N) is 1. The first-order valence-corrected chi connectivity index (χ1v) is 6.15. The number of halogens is 2. The lowest BCUT2D eigenvalue weighted by Gasteiger charge is -2.25. The molecule has 1 aliphatic heterocycles. The van der Waals surface area contributed by atoms with Crippen molar-refractivity contribution in [2.75, 3.05) is 6.54 Å². The maximum absolute atomic E-state index is 11.4. The summed E-state index contributed by atoms with van der Waals surface area (Å²) in [6.07, 6.45) is 2.16. The smallest absolute Gasteiger partial charge is 0.324 e. The van der Waals surface area contributed by atoms with Crippen LogP contribution in [-0.2, 0) is 11.2 Å². The molecule has 2 N–H and O–H groups in total. The maximum atomic E-state index is 11.4. The van der Waals surface area contributed by atoms with Crippen molar-refractivity contribution in [2.24, 2.45) is 0 Å². The van der Waals surface area contributed by atoms with E-state index in [0.29, 0.717) is 12.8 Å². The highest BCUT2D eigenvalue weighted by molar-refractivity contribution is 9.10. The Morgan fingerprint density at radius 2 is 2.18 bits per heavy atom. The third-order valence-corrected chi connectivity index (χ3v) is 3.88. The summed E-state index contributed by atoms with van der Waals surface area (Å²) < 4.78 is 0.976. The molecule has 1 fully saturated rings. The van der Waals surface area contributed by atoms with E-state index in [1.54, 1.807) is 0 Å². The number of carboxylic acids is 1. The van der Waals surface area contributed by atoms with Gasteiger partial charge in [0, 0.05) is 10.9 Å². The minimum atomic E-state index is -0.774. The zero-order valence-electron chi connectivity index (χ0n) is 9.28. The van der Waals surface area contributed by atoms with Gasteiger partial charge in [-0.05, 0) is 31.0 Å². The van der Waals surface area contributed by atoms with E-state index in [1.165, 1.54) is 0 Å². The second-order valence-electron chi connectivity index (χ2n) is 4.19. The lowest BCUT2D eigenvalue weighted by Crippen LogP contribution is -2.49. The molecule has 0 bridgehead atoms. The van der Waals surface area contributed by atoms with Crippen LogP contribution in [0.4, 0.5) is 0 Å². The van der Waals surface area contributed by atoms with Crippen LogP contribution in [0.1, 0.15) is 18.4 Å². The molecule has 1 aromatic rings. The molecular formula is C12H15BrClNO2. The van der Waals surface area contributed by atoms with Crippen molar-refractivity contribution in [3.8, 4) is 0 Å². The number of carbonyl (C=O) groups is 1. The maximum Gasteiger partial charge on any atom is 0.324 e. The quantitative estimate of drug-likeness (QED) is 0.900. The summed E-state index contributed by atoms with van der Waals surface area (Å²) in [4.78, 5) is 11.4. The fourth-order valence-corrected chi connectivity index (χ4v) is 2.61. The Hall–Kier alpha value is -0.580. The molecule has 1 saturated heterocycles. The number of hydrogen-bond acceptors (Lipinski definition) is 2. The summed E-state index contributed by atoms with van der Waals surface area (Å²) in [5.74, 6) is -0.749. The molecule has 0 amide bonds. The van der Waals surface area contributed by atoms with Gasteiger partial charge < -0.3 is 10.4 Å². The third-order valence-electron chi connectivity index (χ3n) is 3.10. The van der Waals surface area contributed by atoms with Crippen LogP contribution in [0.5, 0.6) is 0 Å². The Morgan fingerprint density at radius 3 is 2.71 bits per heavy atom. The van der Waals surface area contributed by atoms with Gasteiger partial charge in [0.2, 0.25) is 0 Å². The Kier molecular flexibility index (Phi) is 4.98. The predicted octanol–water partition coefficient (Wildman–Crippen LogP) is 2.62. The van der Waals surface area contributed by atoms with E-state index in [-0.39, 0.29) is 12.4 Å². The highest BCUT2D eigenvalue weighted by Gasteiger charge is 2.41. The van der Waals surface area contributed by atoms with Gasteiger partial charge in [0.1, 0.15) is 5.54 Å². The Balaban J connectivity index is 0.00000144. The lowest BCUT2D eigenvalue weighted by molar-refractivity contribution is -0.144. The largest absolute Gasteiger partial charge is 0.480 e. The van der Waals surface area contributed by atoms with Crippen LogP contribution in [0.25, 0.3) is 0 Å². The summed E-state index contributed by atoms with van der Waals surface area (Å²) in [6.45, 7) is 0.788. The van der Waals surface area contributed by atoms with Crippen LogP contribution >= 0.6 is 28.3 Å². The number of carboxylic acid groups (broad SMARTS) is 1. The molecule has 5 heteroatoms. The number of hydrogen-bond donors (Lipinski definition) is 2. The van der Waals surface area contributed by atoms with Crippen molar-refractivity contribution in [3.05, 3.63) is 34.3 Å². The third kappa shape index (κ3) is 3.00. The average Bonchev–Trinajstić information content (AvgIpc) is 2.71. The zero-order chi connectivity index (χ0) is 11.6. The first kappa shape index (κ1) is 14.5. The Labute approximate surface area is 115 Å². The number of benzene rings is 1. The minimum Gasteiger partial charge on any atom is -0.480 e. The molecule has 0 saturated carbocycles. The molecule has 1 heterocycles. The summed E-state index contributed by atoms with van der Waals surface area (Å²) in [5.41, 5.74) is 0.267. The van der Waals surface area contributed by atoms with Crippen LogP contribution in [0, 0.1) is 0 Å². The van der Waals surface area contributed by atoms with E-state index in [4.69, 9.17) is 0 Å². The molecule has 94 valence electrons. The Morgan fingerprint density at radius 1 is 1.47 bits per heavy atom. The highest BCUT2D eigenvalue weighted by Crippen LogP contribution is 2.27. The highest BCUT2D eigenvalue weighted by atomic mass is 79.9. The fourth-order valence-electron chi connectivity index (χ4n) is 2.18. The standard InChI is InChI=1S/C12H14BrNO2.ClH/c13-10-5-2-1-4-9(10)8-12(11(15)16)6-3-7-14-12;/h1-2,4-5,14H,3,6-8H2,(H,15,16);1H/t12-;/m0./s1. The molecule has 0 spiro atoms. The van der Waals surface area contributed by atoms with Gasteiger partial charge in [0.15, 0.2) is 0 Å². The molecule has 2 rings (SSSR count). The van der Waals surface area contributed by atoms with E-state index in [2.05, 4.69) is 21.2 Å². The summed E-state index contributed by atoms with van der Waals surface area (Å²) in [6, 6.07) is 7.78. The molecule has 1 aromatic carbocycles. The molecule has 0 radical (unpaired) electrons. The second kappa shape index (κ2) is 5.85.